The molecule has 1 amide bonds. The third-order valence-corrected chi connectivity index (χ3v) is 4.76. The van der Waals surface area contributed by atoms with Crippen molar-refractivity contribution in [3.63, 3.8) is 0 Å². The minimum absolute atomic E-state index is 0.0399. The first-order valence-electron chi connectivity index (χ1n) is 8.41. The van der Waals surface area contributed by atoms with Gasteiger partial charge in [-0.15, -0.1) is 5.10 Å². The number of nitrogens with zero attached hydrogens (tertiary/aromatic N) is 3. The third kappa shape index (κ3) is 3.98. The molecule has 1 fully saturated rings. The summed E-state index contributed by atoms with van der Waals surface area (Å²) in [6.07, 6.45) is 5.85. The highest BCUT2D eigenvalue weighted by molar-refractivity contribution is 9.10. The van der Waals surface area contributed by atoms with Crippen LogP contribution in [0.2, 0.25) is 0 Å². The van der Waals surface area contributed by atoms with Crippen molar-refractivity contribution in [1.29, 1.82) is 0 Å². The summed E-state index contributed by atoms with van der Waals surface area (Å²) >= 11 is 3.47. The largest absolute Gasteiger partial charge is 0.463 e. The van der Waals surface area contributed by atoms with E-state index in [9.17, 15) is 4.79 Å². The molecule has 2 heterocycles. The fraction of sp³-hybridized carbons (Fsp3) is 0.444. The lowest BCUT2D eigenvalue weighted by atomic mass is 10.2. The van der Waals surface area contributed by atoms with Crippen molar-refractivity contribution in [2.24, 2.45) is 0 Å². The van der Waals surface area contributed by atoms with Crippen LogP contribution in [0.15, 0.2) is 41.0 Å². The highest BCUT2D eigenvalue weighted by atomic mass is 79.9. The number of carbonyl (C=O) groups excluding carboxylic acids is 1. The zero-order chi connectivity index (χ0) is 16.9. The molecule has 1 atom stereocenters. The van der Waals surface area contributed by atoms with Crippen LogP contribution >= 0.6 is 15.9 Å². The Morgan fingerprint density at radius 2 is 1.83 bits per heavy atom. The van der Waals surface area contributed by atoms with Gasteiger partial charge in [-0.05, 0) is 47.8 Å². The topological polar surface area (TPSA) is 47.4 Å². The lowest BCUT2D eigenvalue weighted by Crippen LogP contribution is -2.41. The van der Waals surface area contributed by atoms with Gasteiger partial charge in [-0.2, -0.15) is 0 Å². The highest BCUT2D eigenvalue weighted by Crippen LogP contribution is 2.26. The molecule has 0 spiro atoms. The molecule has 1 aliphatic heterocycles. The summed E-state index contributed by atoms with van der Waals surface area (Å²) in [5.41, 5.74) is 0.944. The Hall–Kier alpha value is -1.82. The summed E-state index contributed by atoms with van der Waals surface area (Å²) in [6, 6.07) is 9.80. The van der Waals surface area contributed by atoms with Gasteiger partial charge >= 0.3 is 0 Å². The molecule has 0 bridgehead atoms. The van der Waals surface area contributed by atoms with Crippen LogP contribution in [0.25, 0.3) is 5.69 Å². The van der Waals surface area contributed by atoms with Crippen LogP contribution in [0, 0.1) is 0 Å². The van der Waals surface area contributed by atoms with E-state index in [2.05, 4.69) is 21.0 Å². The molecule has 1 aromatic carbocycles. The molecule has 1 aromatic heterocycles. The number of benzene rings is 1. The van der Waals surface area contributed by atoms with E-state index in [1.54, 1.807) is 11.6 Å². The van der Waals surface area contributed by atoms with Crippen molar-refractivity contribution in [3.05, 3.63) is 41.0 Å². The van der Waals surface area contributed by atoms with Crippen molar-refractivity contribution < 1.29 is 9.53 Å². The van der Waals surface area contributed by atoms with Crippen LogP contribution in [0.1, 0.15) is 32.6 Å². The van der Waals surface area contributed by atoms with Crippen LogP contribution in [0.3, 0.4) is 0 Å². The van der Waals surface area contributed by atoms with Gasteiger partial charge in [-0.1, -0.05) is 31.0 Å². The van der Waals surface area contributed by atoms with E-state index in [0.29, 0.717) is 5.88 Å². The monoisotopic (exact) mass is 391 g/mol. The lowest BCUT2D eigenvalue weighted by Gasteiger charge is -2.24. The molecular formula is C18H22BrN3O2. The van der Waals surface area contributed by atoms with E-state index in [1.165, 1.54) is 12.8 Å². The molecule has 1 unspecified atom stereocenters. The lowest BCUT2D eigenvalue weighted by molar-refractivity contribution is -0.138. The van der Waals surface area contributed by atoms with Gasteiger partial charge in [0.05, 0.1) is 10.2 Å². The minimum Gasteiger partial charge on any atom is -0.463 e. The molecule has 128 valence electrons. The van der Waals surface area contributed by atoms with E-state index >= 15 is 0 Å². The van der Waals surface area contributed by atoms with Crippen molar-refractivity contribution in [2.75, 3.05) is 13.1 Å². The fourth-order valence-electron chi connectivity index (χ4n) is 2.90. The van der Waals surface area contributed by atoms with Gasteiger partial charge < -0.3 is 9.64 Å². The second-order valence-corrected chi connectivity index (χ2v) is 6.92. The summed E-state index contributed by atoms with van der Waals surface area (Å²) < 4.78 is 8.31. The highest BCUT2D eigenvalue weighted by Gasteiger charge is 2.24. The molecule has 0 saturated carbocycles. The molecule has 0 aliphatic carbocycles. The maximum absolute atomic E-state index is 12.6. The van der Waals surface area contributed by atoms with Crippen molar-refractivity contribution >= 4 is 21.8 Å². The Kier molecular flexibility index (Phi) is 5.56. The normalized spacial score (nSPS) is 16.5. The predicted molar refractivity (Wildman–Crippen MR) is 96.4 cm³/mol. The molecular weight excluding hydrogens is 370 g/mol. The Balaban J connectivity index is 1.69. The van der Waals surface area contributed by atoms with Crippen LogP contribution in [0.5, 0.6) is 5.88 Å². The summed E-state index contributed by atoms with van der Waals surface area (Å²) in [5, 5.41) is 4.44. The van der Waals surface area contributed by atoms with Gasteiger partial charge in [0.15, 0.2) is 6.10 Å². The van der Waals surface area contributed by atoms with Crippen LogP contribution < -0.4 is 4.74 Å². The number of hydrogen-bond acceptors (Lipinski definition) is 3. The summed E-state index contributed by atoms with van der Waals surface area (Å²) in [7, 11) is 0. The number of para-hydroxylation sites is 1. The van der Waals surface area contributed by atoms with E-state index in [-0.39, 0.29) is 5.91 Å². The summed E-state index contributed by atoms with van der Waals surface area (Å²) in [5.74, 6) is 0.479. The molecule has 0 N–H and O–H groups in total. The number of ether oxygens (including phenoxy) is 1. The van der Waals surface area contributed by atoms with Crippen LogP contribution in [-0.4, -0.2) is 39.8 Å². The first-order valence-corrected chi connectivity index (χ1v) is 9.20. The average Bonchev–Trinajstić information content (AvgIpc) is 2.80. The van der Waals surface area contributed by atoms with Gasteiger partial charge in [-0.25, -0.2) is 4.68 Å². The minimum atomic E-state index is -0.543. The van der Waals surface area contributed by atoms with E-state index in [1.807, 2.05) is 41.4 Å². The SMILES string of the molecule is CC(Oc1nn(-c2ccccc2)cc1Br)C(=O)N1CCCCCC1. The van der Waals surface area contributed by atoms with Crippen molar-refractivity contribution in [3.8, 4) is 11.6 Å². The number of rotatable bonds is 4. The fourth-order valence-corrected chi connectivity index (χ4v) is 3.26. The van der Waals surface area contributed by atoms with Gasteiger partial charge in [0, 0.05) is 19.3 Å². The first-order chi connectivity index (χ1) is 11.6. The van der Waals surface area contributed by atoms with Crippen molar-refractivity contribution in [2.45, 2.75) is 38.7 Å². The van der Waals surface area contributed by atoms with Gasteiger partial charge in [-0.3, -0.25) is 4.79 Å². The molecule has 2 aromatic rings. The Labute approximate surface area is 150 Å². The molecule has 3 rings (SSSR count). The number of aromatic nitrogens is 2. The molecule has 24 heavy (non-hydrogen) atoms. The van der Waals surface area contributed by atoms with E-state index < -0.39 is 6.10 Å². The standard InChI is InChI=1S/C18H22BrN3O2/c1-14(18(23)21-11-7-2-3-8-12-21)24-17-16(19)13-22(20-17)15-9-5-4-6-10-15/h4-6,9-10,13-14H,2-3,7-8,11-12H2,1H3. The zero-order valence-corrected chi connectivity index (χ0v) is 15.4. The van der Waals surface area contributed by atoms with E-state index in [0.717, 1.165) is 36.1 Å². The first kappa shape index (κ1) is 17.0. The smallest absolute Gasteiger partial charge is 0.263 e. The van der Waals surface area contributed by atoms with E-state index in [4.69, 9.17) is 4.74 Å². The quantitative estimate of drug-likeness (QED) is 0.795. The Morgan fingerprint density at radius 1 is 1.17 bits per heavy atom. The van der Waals surface area contributed by atoms with Gasteiger partial charge in [0.1, 0.15) is 0 Å². The number of amides is 1. The second kappa shape index (κ2) is 7.83. The number of likely N-dealkylation sites (tertiary alicyclic amines) is 1. The number of hydrogen-bond donors (Lipinski definition) is 0. The maximum atomic E-state index is 12.6. The molecule has 1 saturated heterocycles. The molecule has 1 aliphatic rings. The number of carbonyl (C=O) groups is 1. The molecule has 0 radical (unpaired) electrons. The third-order valence-electron chi connectivity index (χ3n) is 4.21. The van der Waals surface area contributed by atoms with Gasteiger partial charge in [0.2, 0.25) is 5.88 Å². The zero-order valence-electron chi connectivity index (χ0n) is 13.8. The average molecular weight is 392 g/mol. The second-order valence-electron chi connectivity index (χ2n) is 6.06. The maximum Gasteiger partial charge on any atom is 0.263 e. The number of halogens is 1. The van der Waals surface area contributed by atoms with Gasteiger partial charge in [0.25, 0.3) is 5.91 Å². The van der Waals surface area contributed by atoms with Crippen molar-refractivity contribution in [1.82, 2.24) is 14.7 Å². The molecule has 5 nitrogen and oxygen atoms in total. The Morgan fingerprint density at radius 3 is 2.50 bits per heavy atom. The summed E-state index contributed by atoms with van der Waals surface area (Å²) in [4.78, 5) is 14.5. The Bertz CT molecular complexity index is 679. The van der Waals surface area contributed by atoms with Crippen LogP contribution in [0.4, 0.5) is 0 Å². The molecule has 6 heteroatoms. The van der Waals surface area contributed by atoms with Crippen LogP contribution in [-0.2, 0) is 4.79 Å². The predicted octanol–water partition coefficient (Wildman–Crippen LogP) is 3.80. The summed E-state index contributed by atoms with van der Waals surface area (Å²) in [6.45, 7) is 3.44.